The minimum absolute atomic E-state index is 0.386. The predicted octanol–water partition coefficient (Wildman–Crippen LogP) is 3.49. The Morgan fingerprint density at radius 2 is 2.00 bits per heavy atom. The van der Waals surface area contributed by atoms with Crippen LogP contribution in [0.1, 0.15) is 11.7 Å². The molecule has 3 nitrogen and oxygen atoms in total. The zero-order chi connectivity index (χ0) is 13.7. The van der Waals surface area contributed by atoms with Gasteiger partial charge in [0.1, 0.15) is 5.75 Å². The molecule has 1 unspecified atom stereocenters. The fourth-order valence-corrected chi connectivity index (χ4v) is 2.06. The number of hydrogen-bond donors (Lipinski definition) is 2. The lowest BCUT2D eigenvalue weighted by molar-refractivity contribution is 0.191. The normalized spacial score (nSPS) is 11.9. The Bertz CT molecular complexity index is 545. The third kappa shape index (κ3) is 3.63. The summed E-state index contributed by atoms with van der Waals surface area (Å²) in [6.45, 7) is 0.386. The topological polar surface area (TPSA) is 41.5 Å². The van der Waals surface area contributed by atoms with E-state index in [4.69, 9.17) is 16.3 Å². The molecule has 19 heavy (non-hydrogen) atoms. The van der Waals surface area contributed by atoms with Gasteiger partial charge in [-0.2, -0.15) is 0 Å². The maximum atomic E-state index is 10.1. The van der Waals surface area contributed by atoms with Gasteiger partial charge in [0, 0.05) is 28.9 Å². The van der Waals surface area contributed by atoms with E-state index in [1.165, 1.54) is 0 Å². The number of aliphatic hydroxyl groups is 1. The van der Waals surface area contributed by atoms with Gasteiger partial charge in [0.05, 0.1) is 13.2 Å². The molecular formula is C15H16ClNO2. The lowest BCUT2D eigenvalue weighted by Gasteiger charge is -2.14. The molecule has 2 N–H and O–H groups in total. The summed E-state index contributed by atoms with van der Waals surface area (Å²) in [5, 5.41) is 13.8. The minimum Gasteiger partial charge on any atom is -0.497 e. The molecule has 2 rings (SSSR count). The lowest BCUT2D eigenvalue weighted by atomic mass is 10.1. The van der Waals surface area contributed by atoms with Crippen molar-refractivity contribution < 1.29 is 9.84 Å². The number of anilines is 1. The standard InChI is InChI=1S/C15H16ClNO2/c1-19-12-6-4-5-11(9-12)17-10-15(18)13-7-2-3-8-14(13)16/h2-9,15,17-18H,10H2,1H3. The van der Waals surface area contributed by atoms with E-state index in [1.807, 2.05) is 42.5 Å². The fraction of sp³-hybridized carbons (Fsp3) is 0.200. The average molecular weight is 278 g/mol. The van der Waals surface area contributed by atoms with Crippen molar-refractivity contribution in [1.82, 2.24) is 0 Å². The van der Waals surface area contributed by atoms with E-state index in [1.54, 1.807) is 13.2 Å². The van der Waals surface area contributed by atoms with Crippen molar-refractivity contribution >= 4 is 17.3 Å². The summed E-state index contributed by atoms with van der Waals surface area (Å²) in [5.41, 5.74) is 1.62. The second-order valence-electron chi connectivity index (χ2n) is 4.15. The Morgan fingerprint density at radius 3 is 2.74 bits per heavy atom. The van der Waals surface area contributed by atoms with Gasteiger partial charge in [-0.1, -0.05) is 35.9 Å². The maximum Gasteiger partial charge on any atom is 0.120 e. The highest BCUT2D eigenvalue weighted by molar-refractivity contribution is 6.31. The molecule has 2 aromatic rings. The molecule has 2 aromatic carbocycles. The summed E-state index contributed by atoms with van der Waals surface area (Å²) < 4.78 is 5.14. The lowest BCUT2D eigenvalue weighted by Crippen LogP contribution is -2.12. The highest BCUT2D eigenvalue weighted by Gasteiger charge is 2.10. The van der Waals surface area contributed by atoms with Crippen molar-refractivity contribution in [1.29, 1.82) is 0 Å². The van der Waals surface area contributed by atoms with Crippen LogP contribution in [0.4, 0.5) is 5.69 Å². The molecule has 0 bridgehead atoms. The molecule has 0 radical (unpaired) electrons. The van der Waals surface area contributed by atoms with Gasteiger partial charge < -0.3 is 15.2 Å². The largest absolute Gasteiger partial charge is 0.497 e. The van der Waals surface area contributed by atoms with Gasteiger partial charge in [-0.25, -0.2) is 0 Å². The quantitative estimate of drug-likeness (QED) is 0.879. The molecular weight excluding hydrogens is 262 g/mol. The van der Waals surface area contributed by atoms with Crippen molar-refractivity contribution in [3.63, 3.8) is 0 Å². The van der Waals surface area contributed by atoms with Crippen molar-refractivity contribution in [2.45, 2.75) is 6.10 Å². The van der Waals surface area contributed by atoms with Gasteiger partial charge in [0.2, 0.25) is 0 Å². The van der Waals surface area contributed by atoms with Crippen molar-refractivity contribution in [2.24, 2.45) is 0 Å². The van der Waals surface area contributed by atoms with E-state index in [9.17, 15) is 5.11 Å². The number of halogens is 1. The second-order valence-corrected chi connectivity index (χ2v) is 4.56. The maximum absolute atomic E-state index is 10.1. The number of aliphatic hydroxyl groups excluding tert-OH is 1. The predicted molar refractivity (Wildman–Crippen MR) is 77.9 cm³/mol. The van der Waals surface area contributed by atoms with Crippen LogP contribution in [0.25, 0.3) is 0 Å². The van der Waals surface area contributed by atoms with Gasteiger partial charge in [0.25, 0.3) is 0 Å². The van der Waals surface area contributed by atoms with Gasteiger partial charge in [-0.15, -0.1) is 0 Å². The van der Waals surface area contributed by atoms with Gasteiger partial charge in [-0.05, 0) is 18.2 Å². The summed E-state index contributed by atoms with van der Waals surface area (Å²) in [4.78, 5) is 0. The van der Waals surface area contributed by atoms with Gasteiger partial charge in [0.15, 0.2) is 0 Å². The zero-order valence-electron chi connectivity index (χ0n) is 10.6. The molecule has 0 saturated carbocycles. The molecule has 0 spiro atoms. The third-order valence-corrected chi connectivity index (χ3v) is 3.18. The Hall–Kier alpha value is -1.71. The van der Waals surface area contributed by atoms with Gasteiger partial charge >= 0.3 is 0 Å². The molecule has 0 aromatic heterocycles. The van der Waals surface area contributed by atoms with Crippen LogP contribution in [0, 0.1) is 0 Å². The van der Waals surface area contributed by atoms with Crippen LogP contribution < -0.4 is 10.1 Å². The number of hydrogen-bond acceptors (Lipinski definition) is 3. The smallest absolute Gasteiger partial charge is 0.120 e. The van der Waals surface area contributed by atoms with Crippen molar-refractivity contribution in [2.75, 3.05) is 19.0 Å². The molecule has 0 aliphatic heterocycles. The average Bonchev–Trinajstić information content (AvgIpc) is 2.45. The van der Waals surface area contributed by atoms with Crippen LogP contribution in [0.3, 0.4) is 0 Å². The number of rotatable bonds is 5. The summed E-state index contributed by atoms with van der Waals surface area (Å²) in [7, 11) is 1.62. The van der Waals surface area contributed by atoms with Crippen LogP contribution >= 0.6 is 11.6 Å². The van der Waals surface area contributed by atoms with Crippen LogP contribution in [0.2, 0.25) is 5.02 Å². The number of nitrogens with one attached hydrogen (secondary N) is 1. The van der Waals surface area contributed by atoms with Crippen molar-refractivity contribution in [3.8, 4) is 5.75 Å². The molecule has 0 heterocycles. The first-order valence-corrected chi connectivity index (χ1v) is 6.39. The van der Waals surface area contributed by atoms with Crippen LogP contribution in [0.15, 0.2) is 48.5 Å². The monoisotopic (exact) mass is 277 g/mol. The van der Waals surface area contributed by atoms with E-state index in [0.29, 0.717) is 11.6 Å². The Balaban J connectivity index is 2.00. The van der Waals surface area contributed by atoms with E-state index in [-0.39, 0.29) is 0 Å². The Morgan fingerprint density at radius 1 is 1.21 bits per heavy atom. The second kappa shape index (κ2) is 6.45. The number of benzene rings is 2. The van der Waals surface area contributed by atoms with Crippen molar-refractivity contribution in [3.05, 3.63) is 59.1 Å². The minimum atomic E-state index is -0.653. The zero-order valence-corrected chi connectivity index (χ0v) is 11.4. The summed E-state index contributed by atoms with van der Waals surface area (Å²) >= 11 is 6.04. The SMILES string of the molecule is COc1cccc(NCC(O)c2ccccc2Cl)c1. The van der Waals surface area contributed by atoms with E-state index >= 15 is 0 Å². The molecule has 0 fully saturated rings. The molecule has 0 saturated heterocycles. The van der Waals surface area contributed by atoms with E-state index in [0.717, 1.165) is 17.0 Å². The molecule has 4 heteroatoms. The Labute approximate surface area is 117 Å². The van der Waals surface area contributed by atoms with Crippen LogP contribution in [-0.4, -0.2) is 18.8 Å². The molecule has 0 amide bonds. The first-order valence-electron chi connectivity index (χ1n) is 6.01. The molecule has 100 valence electrons. The first kappa shape index (κ1) is 13.7. The number of methoxy groups -OCH3 is 1. The third-order valence-electron chi connectivity index (χ3n) is 2.83. The van der Waals surface area contributed by atoms with Crippen LogP contribution in [-0.2, 0) is 0 Å². The fourth-order valence-electron chi connectivity index (χ4n) is 1.80. The van der Waals surface area contributed by atoms with Gasteiger partial charge in [-0.3, -0.25) is 0 Å². The van der Waals surface area contributed by atoms with Crippen LogP contribution in [0.5, 0.6) is 5.75 Å². The van der Waals surface area contributed by atoms with E-state index in [2.05, 4.69) is 5.32 Å². The van der Waals surface area contributed by atoms with E-state index < -0.39 is 6.10 Å². The highest BCUT2D eigenvalue weighted by Crippen LogP contribution is 2.23. The molecule has 1 atom stereocenters. The first-order chi connectivity index (χ1) is 9.20. The molecule has 0 aliphatic carbocycles. The number of ether oxygens (including phenoxy) is 1. The highest BCUT2D eigenvalue weighted by atomic mass is 35.5. The Kier molecular flexibility index (Phi) is 4.66. The summed E-state index contributed by atoms with van der Waals surface area (Å²) in [6, 6.07) is 14.8. The summed E-state index contributed by atoms with van der Waals surface area (Å²) in [5.74, 6) is 0.775. The molecule has 0 aliphatic rings. The summed E-state index contributed by atoms with van der Waals surface area (Å²) in [6.07, 6.45) is -0.653.